The topological polar surface area (TPSA) is 52.5 Å². The van der Waals surface area contributed by atoms with Crippen molar-refractivity contribution in [2.75, 3.05) is 13.1 Å². The van der Waals surface area contributed by atoms with Gasteiger partial charge in [-0.2, -0.15) is 0 Å². The third-order valence-corrected chi connectivity index (χ3v) is 3.32. The second kappa shape index (κ2) is 2.90. The fourth-order valence-electron chi connectivity index (χ4n) is 2.27. The molecule has 0 aromatic rings. The van der Waals surface area contributed by atoms with E-state index in [4.69, 9.17) is 0 Å². The number of alkyl halides is 1. The molecule has 2 aliphatic rings. The molecule has 4 heteroatoms. The minimum atomic E-state index is -1.12. The zero-order chi connectivity index (χ0) is 9.64. The number of aliphatic hydroxyl groups is 2. The van der Waals surface area contributed by atoms with Crippen molar-refractivity contribution in [3.8, 4) is 0 Å². The van der Waals surface area contributed by atoms with Gasteiger partial charge in [-0.05, 0) is 13.3 Å². The molecule has 5 atom stereocenters. The van der Waals surface area contributed by atoms with E-state index in [9.17, 15) is 14.6 Å². The Bertz CT molecular complexity index is 208. The molecule has 0 bridgehead atoms. The molecule has 2 rings (SSSR count). The third kappa shape index (κ3) is 1.58. The Morgan fingerprint density at radius 3 is 2.54 bits per heavy atom. The molecule has 0 aromatic heterocycles. The summed E-state index contributed by atoms with van der Waals surface area (Å²) in [6.45, 7) is 2.58. The highest BCUT2D eigenvalue weighted by Gasteiger charge is 2.57. The van der Waals surface area contributed by atoms with E-state index in [0.717, 1.165) is 0 Å². The van der Waals surface area contributed by atoms with Crippen LogP contribution in [0.2, 0.25) is 0 Å². The van der Waals surface area contributed by atoms with E-state index in [-0.39, 0.29) is 11.8 Å². The summed E-state index contributed by atoms with van der Waals surface area (Å²) in [6, 6.07) is 0. The van der Waals surface area contributed by atoms with Gasteiger partial charge in [0.05, 0.1) is 12.2 Å². The van der Waals surface area contributed by atoms with Crippen molar-refractivity contribution in [3.63, 3.8) is 0 Å². The first-order valence-corrected chi connectivity index (χ1v) is 4.78. The number of rotatable bonds is 1. The smallest absolute Gasteiger partial charge is 0.112 e. The molecule has 76 valence electrons. The van der Waals surface area contributed by atoms with E-state index in [1.165, 1.54) is 0 Å². The Morgan fingerprint density at radius 2 is 2.00 bits per heavy atom. The zero-order valence-corrected chi connectivity index (χ0v) is 7.70. The maximum absolute atomic E-state index is 13.3. The highest BCUT2D eigenvalue weighted by molar-refractivity contribution is 5.07. The number of piperidine rings is 1. The van der Waals surface area contributed by atoms with E-state index in [2.05, 4.69) is 5.32 Å². The normalized spacial score (nSPS) is 56.3. The van der Waals surface area contributed by atoms with Crippen LogP contribution in [0.1, 0.15) is 13.3 Å². The lowest BCUT2D eigenvalue weighted by Gasteiger charge is -2.33. The van der Waals surface area contributed by atoms with Crippen LogP contribution in [0.5, 0.6) is 0 Å². The van der Waals surface area contributed by atoms with Crippen LogP contribution < -0.4 is 5.32 Å². The molecule has 2 unspecified atom stereocenters. The Balaban J connectivity index is 1.99. The third-order valence-electron chi connectivity index (χ3n) is 3.32. The van der Waals surface area contributed by atoms with Crippen molar-refractivity contribution in [1.82, 2.24) is 5.32 Å². The van der Waals surface area contributed by atoms with Crippen LogP contribution in [0.3, 0.4) is 0 Å². The van der Waals surface area contributed by atoms with Crippen LogP contribution in [0.15, 0.2) is 0 Å². The van der Waals surface area contributed by atoms with Crippen LogP contribution in [0.25, 0.3) is 0 Å². The first-order chi connectivity index (χ1) is 6.02. The van der Waals surface area contributed by atoms with E-state index in [0.29, 0.717) is 19.5 Å². The molecule has 1 saturated heterocycles. The summed E-state index contributed by atoms with van der Waals surface area (Å²) in [5.41, 5.74) is -1.12. The molecule has 3 nitrogen and oxygen atoms in total. The van der Waals surface area contributed by atoms with Gasteiger partial charge in [-0.1, -0.05) is 0 Å². The first-order valence-electron chi connectivity index (χ1n) is 4.78. The van der Waals surface area contributed by atoms with E-state index in [1.807, 2.05) is 0 Å². The van der Waals surface area contributed by atoms with Crippen molar-refractivity contribution < 1.29 is 14.6 Å². The van der Waals surface area contributed by atoms with Gasteiger partial charge >= 0.3 is 0 Å². The fourth-order valence-corrected chi connectivity index (χ4v) is 2.27. The summed E-state index contributed by atoms with van der Waals surface area (Å²) in [5.74, 6) is -0.205. The number of aliphatic hydroxyl groups excluding tert-OH is 2. The van der Waals surface area contributed by atoms with Crippen molar-refractivity contribution in [2.24, 2.45) is 11.8 Å². The molecule has 0 spiro atoms. The van der Waals surface area contributed by atoms with Gasteiger partial charge in [0, 0.05) is 24.9 Å². The van der Waals surface area contributed by atoms with Crippen LogP contribution in [-0.2, 0) is 0 Å². The van der Waals surface area contributed by atoms with Crippen molar-refractivity contribution in [2.45, 2.75) is 31.2 Å². The van der Waals surface area contributed by atoms with Gasteiger partial charge in [0.1, 0.15) is 5.67 Å². The van der Waals surface area contributed by atoms with Gasteiger partial charge in [0.25, 0.3) is 0 Å². The number of β-amino-alcohol motifs (C(OH)–C–C–N with tert-alkyl or cyclic N) is 1. The van der Waals surface area contributed by atoms with Gasteiger partial charge in [0.15, 0.2) is 0 Å². The Morgan fingerprint density at radius 1 is 1.38 bits per heavy atom. The SMILES string of the molecule is CC1(F)CC1[C@H]1CNC[C@@H](O)[C@@H]1O. The fraction of sp³-hybridized carbons (Fsp3) is 1.00. The molecule has 2 fully saturated rings. The predicted molar refractivity (Wildman–Crippen MR) is 46.0 cm³/mol. The molecular formula is C9H16FNO2. The maximum Gasteiger partial charge on any atom is 0.112 e. The Kier molecular flexibility index (Phi) is 2.09. The summed E-state index contributed by atoms with van der Waals surface area (Å²) in [4.78, 5) is 0. The van der Waals surface area contributed by atoms with Crippen LogP contribution in [-0.4, -0.2) is 41.2 Å². The molecule has 3 N–H and O–H groups in total. The molecule has 1 aliphatic carbocycles. The molecule has 0 aromatic carbocycles. The second-order valence-corrected chi connectivity index (χ2v) is 4.47. The first kappa shape index (κ1) is 9.37. The summed E-state index contributed by atoms with van der Waals surface area (Å²) < 4.78 is 13.3. The standard InChI is InChI=1S/C9H16FNO2/c1-9(10)2-6(9)5-3-11-4-7(12)8(5)13/h5-8,11-13H,2-4H2,1H3/t5-,6?,7-,8-,9?/m1/s1. The van der Waals surface area contributed by atoms with Crippen molar-refractivity contribution in [3.05, 3.63) is 0 Å². The Labute approximate surface area is 77.0 Å². The molecule has 1 heterocycles. The molecule has 1 saturated carbocycles. The quantitative estimate of drug-likeness (QED) is 0.529. The molecule has 0 amide bonds. The van der Waals surface area contributed by atoms with Crippen LogP contribution in [0, 0.1) is 11.8 Å². The minimum Gasteiger partial charge on any atom is -0.390 e. The maximum atomic E-state index is 13.3. The number of hydrogen-bond acceptors (Lipinski definition) is 3. The summed E-state index contributed by atoms with van der Waals surface area (Å²) in [7, 11) is 0. The van der Waals surface area contributed by atoms with E-state index < -0.39 is 17.9 Å². The number of halogens is 1. The zero-order valence-electron chi connectivity index (χ0n) is 7.70. The molecular weight excluding hydrogens is 173 g/mol. The predicted octanol–water partition coefficient (Wildman–Crippen LogP) is -0.324. The summed E-state index contributed by atoms with van der Waals surface area (Å²) in [6.07, 6.45) is -0.984. The highest BCUT2D eigenvalue weighted by atomic mass is 19.1. The van der Waals surface area contributed by atoms with Gasteiger partial charge in [-0.3, -0.25) is 0 Å². The lowest BCUT2D eigenvalue weighted by Crippen LogP contribution is -2.51. The minimum absolute atomic E-state index is 0.0788. The average Bonchev–Trinajstić information content (AvgIpc) is 2.66. The monoisotopic (exact) mass is 189 g/mol. The second-order valence-electron chi connectivity index (χ2n) is 4.47. The van der Waals surface area contributed by atoms with Gasteiger partial charge in [-0.25, -0.2) is 4.39 Å². The summed E-state index contributed by atoms with van der Waals surface area (Å²) in [5, 5.41) is 22.0. The van der Waals surface area contributed by atoms with Crippen molar-refractivity contribution in [1.29, 1.82) is 0 Å². The van der Waals surface area contributed by atoms with Crippen LogP contribution in [0.4, 0.5) is 4.39 Å². The molecule has 13 heavy (non-hydrogen) atoms. The molecule has 1 aliphatic heterocycles. The largest absolute Gasteiger partial charge is 0.390 e. The van der Waals surface area contributed by atoms with Crippen LogP contribution >= 0.6 is 0 Å². The molecule has 0 radical (unpaired) electrons. The lowest BCUT2D eigenvalue weighted by molar-refractivity contribution is -0.0454. The highest BCUT2D eigenvalue weighted by Crippen LogP contribution is 2.52. The van der Waals surface area contributed by atoms with Crippen molar-refractivity contribution >= 4 is 0 Å². The lowest BCUT2D eigenvalue weighted by atomic mass is 9.88. The van der Waals surface area contributed by atoms with E-state index >= 15 is 0 Å². The van der Waals surface area contributed by atoms with E-state index in [1.54, 1.807) is 6.92 Å². The Hall–Kier alpha value is -0.190. The van der Waals surface area contributed by atoms with Gasteiger partial charge < -0.3 is 15.5 Å². The van der Waals surface area contributed by atoms with Gasteiger partial charge in [0.2, 0.25) is 0 Å². The average molecular weight is 189 g/mol. The van der Waals surface area contributed by atoms with Gasteiger partial charge in [-0.15, -0.1) is 0 Å². The number of hydrogen-bond donors (Lipinski definition) is 3. The summed E-state index contributed by atoms with van der Waals surface area (Å²) >= 11 is 0. The number of nitrogens with one attached hydrogen (secondary N) is 1.